The molecule has 1 atom stereocenters. The Bertz CT molecular complexity index is 593. The second-order valence-corrected chi connectivity index (χ2v) is 6.11. The van der Waals surface area contributed by atoms with Gasteiger partial charge in [-0.3, -0.25) is 0 Å². The van der Waals surface area contributed by atoms with Crippen molar-refractivity contribution in [2.75, 3.05) is 13.9 Å². The van der Waals surface area contributed by atoms with Gasteiger partial charge in [0, 0.05) is 6.42 Å². The molecule has 0 aliphatic carbocycles. The van der Waals surface area contributed by atoms with Crippen LogP contribution in [-0.2, 0) is 20.7 Å². The van der Waals surface area contributed by atoms with Gasteiger partial charge in [0.2, 0.25) is 6.79 Å². The van der Waals surface area contributed by atoms with E-state index in [-0.39, 0.29) is 13.2 Å². The number of fused-ring (bicyclic) bond motifs is 1. The van der Waals surface area contributed by atoms with E-state index in [1.807, 2.05) is 0 Å². The molecular formula is C16H21NO6. The third-order valence-corrected chi connectivity index (χ3v) is 3.05. The van der Waals surface area contributed by atoms with Crippen molar-refractivity contribution in [3.63, 3.8) is 0 Å². The van der Waals surface area contributed by atoms with Gasteiger partial charge >= 0.3 is 12.1 Å². The monoisotopic (exact) mass is 323 g/mol. The molecule has 126 valence electrons. The third kappa shape index (κ3) is 4.77. The average molecular weight is 323 g/mol. The topological polar surface area (TPSA) is 83.1 Å². The maximum Gasteiger partial charge on any atom is 0.408 e. The number of carbonyl (C=O) groups excluding carboxylic acids is 2. The van der Waals surface area contributed by atoms with Gasteiger partial charge in [-0.05, 0) is 38.5 Å². The van der Waals surface area contributed by atoms with E-state index in [2.05, 4.69) is 5.32 Å². The number of methoxy groups -OCH3 is 1. The number of hydrogen-bond donors (Lipinski definition) is 1. The number of rotatable bonds is 4. The predicted molar refractivity (Wildman–Crippen MR) is 81.4 cm³/mol. The SMILES string of the molecule is COC(=O)C(Cc1ccc2c(c1)OCO2)NC(=O)OC(C)(C)C. The Hall–Kier alpha value is -2.44. The fraction of sp³-hybridized carbons (Fsp3) is 0.500. The van der Waals surface area contributed by atoms with Gasteiger partial charge in [-0.25, -0.2) is 9.59 Å². The number of benzene rings is 1. The van der Waals surface area contributed by atoms with Crippen molar-refractivity contribution in [1.29, 1.82) is 0 Å². The van der Waals surface area contributed by atoms with Gasteiger partial charge in [-0.15, -0.1) is 0 Å². The van der Waals surface area contributed by atoms with E-state index in [0.29, 0.717) is 11.5 Å². The van der Waals surface area contributed by atoms with Crippen molar-refractivity contribution in [3.05, 3.63) is 23.8 Å². The maximum absolute atomic E-state index is 11.9. The molecule has 0 spiro atoms. The van der Waals surface area contributed by atoms with Crippen LogP contribution in [0.25, 0.3) is 0 Å². The van der Waals surface area contributed by atoms with Gasteiger partial charge in [0.1, 0.15) is 11.6 Å². The minimum Gasteiger partial charge on any atom is -0.467 e. The fourth-order valence-corrected chi connectivity index (χ4v) is 2.09. The van der Waals surface area contributed by atoms with Gasteiger partial charge in [0.25, 0.3) is 0 Å². The fourth-order valence-electron chi connectivity index (χ4n) is 2.09. The molecule has 1 aromatic rings. The summed E-state index contributed by atoms with van der Waals surface area (Å²) in [5.41, 5.74) is 0.157. The molecule has 1 unspecified atom stereocenters. The van der Waals surface area contributed by atoms with Gasteiger partial charge in [-0.2, -0.15) is 0 Å². The van der Waals surface area contributed by atoms with Crippen LogP contribution >= 0.6 is 0 Å². The molecule has 0 fully saturated rings. The lowest BCUT2D eigenvalue weighted by Crippen LogP contribution is -2.45. The molecule has 1 N–H and O–H groups in total. The Morgan fingerprint density at radius 1 is 1.26 bits per heavy atom. The molecule has 0 saturated heterocycles. The molecule has 7 heteroatoms. The highest BCUT2D eigenvalue weighted by Gasteiger charge is 2.26. The van der Waals surface area contributed by atoms with Crippen LogP contribution in [0.4, 0.5) is 4.79 Å². The number of hydrogen-bond acceptors (Lipinski definition) is 6. The molecule has 0 radical (unpaired) electrons. The van der Waals surface area contributed by atoms with Gasteiger partial charge in [0.15, 0.2) is 11.5 Å². The Morgan fingerprint density at radius 2 is 1.96 bits per heavy atom. The molecule has 1 aromatic carbocycles. The van der Waals surface area contributed by atoms with Crippen molar-refractivity contribution in [2.24, 2.45) is 0 Å². The minimum atomic E-state index is -0.852. The van der Waals surface area contributed by atoms with Crippen LogP contribution in [-0.4, -0.2) is 37.6 Å². The zero-order chi connectivity index (χ0) is 17.0. The molecule has 0 bridgehead atoms. The highest BCUT2D eigenvalue weighted by atomic mass is 16.7. The van der Waals surface area contributed by atoms with E-state index in [9.17, 15) is 9.59 Å². The number of amides is 1. The lowest BCUT2D eigenvalue weighted by molar-refractivity contribution is -0.143. The average Bonchev–Trinajstić information content (AvgIpc) is 2.91. The summed E-state index contributed by atoms with van der Waals surface area (Å²) in [5.74, 6) is 0.723. The lowest BCUT2D eigenvalue weighted by atomic mass is 10.1. The zero-order valence-corrected chi connectivity index (χ0v) is 13.7. The third-order valence-electron chi connectivity index (χ3n) is 3.05. The van der Waals surface area contributed by atoms with Crippen LogP contribution in [0, 0.1) is 0 Å². The summed E-state index contributed by atoms with van der Waals surface area (Å²) in [4.78, 5) is 23.8. The normalized spacial score (nSPS) is 14.1. The Morgan fingerprint density at radius 3 is 2.61 bits per heavy atom. The molecule has 1 aliphatic rings. The molecule has 1 aliphatic heterocycles. The molecule has 0 saturated carbocycles. The van der Waals surface area contributed by atoms with Crippen molar-refractivity contribution in [2.45, 2.75) is 38.8 Å². The van der Waals surface area contributed by atoms with Crippen LogP contribution < -0.4 is 14.8 Å². The largest absolute Gasteiger partial charge is 0.467 e. The number of nitrogens with one attached hydrogen (secondary N) is 1. The number of alkyl carbamates (subject to hydrolysis) is 1. The molecule has 1 heterocycles. The smallest absolute Gasteiger partial charge is 0.408 e. The van der Waals surface area contributed by atoms with Crippen LogP contribution in [0.5, 0.6) is 11.5 Å². The van der Waals surface area contributed by atoms with E-state index in [0.717, 1.165) is 5.56 Å². The molecule has 2 rings (SSSR count). The summed E-state index contributed by atoms with van der Waals surface area (Å²) in [6.07, 6.45) is -0.420. The van der Waals surface area contributed by atoms with Gasteiger partial charge in [0.05, 0.1) is 7.11 Å². The maximum atomic E-state index is 11.9. The predicted octanol–water partition coefficient (Wildman–Crippen LogP) is 2.02. The standard InChI is InChI=1S/C16H21NO6/c1-16(2,3)23-15(19)17-11(14(18)20-4)7-10-5-6-12-13(8-10)22-9-21-12/h5-6,8,11H,7,9H2,1-4H3,(H,17,19). The summed E-state index contributed by atoms with van der Waals surface area (Å²) in [7, 11) is 1.27. The minimum absolute atomic E-state index is 0.176. The van der Waals surface area contributed by atoms with Crippen molar-refractivity contribution >= 4 is 12.1 Å². The van der Waals surface area contributed by atoms with E-state index >= 15 is 0 Å². The van der Waals surface area contributed by atoms with E-state index in [1.165, 1.54) is 7.11 Å². The zero-order valence-electron chi connectivity index (χ0n) is 13.7. The van der Waals surface area contributed by atoms with Crippen molar-refractivity contribution in [1.82, 2.24) is 5.32 Å². The summed E-state index contributed by atoms with van der Waals surface area (Å²) in [6, 6.07) is 4.49. The van der Waals surface area contributed by atoms with Crippen molar-refractivity contribution < 1.29 is 28.5 Å². The molecule has 7 nitrogen and oxygen atoms in total. The second-order valence-electron chi connectivity index (χ2n) is 6.11. The molecule has 23 heavy (non-hydrogen) atoms. The number of esters is 1. The highest BCUT2D eigenvalue weighted by Crippen LogP contribution is 2.32. The quantitative estimate of drug-likeness (QED) is 0.854. The summed E-state index contributed by atoms with van der Waals surface area (Å²) in [5, 5.41) is 2.53. The first kappa shape index (κ1) is 16.9. The Kier molecular flexibility index (Phi) is 4.98. The number of ether oxygens (including phenoxy) is 4. The van der Waals surface area contributed by atoms with Gasteiger partial charge < -0.3 is 24.3 Å². The van der Waals surface area contributed by atoms with Crippen LogP contribution in [0.1, 0.15) is 26.3 Å². The van der Waals surface area contributed by atoms with Crippen molar-refractivity contribution in [3.8, 4) is 11.5 Å². The van der Waals surface area contributed by atoms with Gasteiger partial charge in [-0.1, -0.05) is 6.07 Å². The number of carbonyl (C=O) groups is 2. The molecule has 0 aromatic heterocycles. The molecular weight excluding hydrogens is 302 g/mol. The summed E-state index contributed by atoms with van der Waals surface area (Å²) < 4.78 is 20.5. The van der Waals surface area contributed by atoms with Crippen LogP contribution in [0.15, 0.2) is 18.2 Å². The first-order chi connectivity index (χ1) is 10.8. The van der Waals surface area contributed by atoms with E-state index in [4.69, 9.17) is 18.9 Å². The van der Waals surface area contributed by atoms with E-state index in [1.54, 1.807) is 39.0 Å². The van der Waals surface area contributed by atoms with Crippen LogP contribution in [0.2, 0.25) is 0 Å². The molecule has 1 amide bonds. The van der Waals surface area contributed by atoms with Crippen LogP contribution in [0.3, 0.4) is 0 Å². The second kappa shape index (κ2) is 6.76. The highest BCUT2D eigenvalue weighted by molar-refractivity contribution is 5.81. The van der Waals surface area contributed by atoms with E-state index < -0.39 is 23.7 Å². The first-order valence-electron chi connectivity index (χ1n) is 7.24. The Balaban J connectivity index is 2.07. The first-order valence-corrected chi connectivity index (χ1v) is 7.24. The Labute approximate surface area is 134 Å². The summed E-state index contributed by atoms with van der Waals surface area (Å²) >= 11 is 0. The summed E-state index contributed by atoms with van der Waals surface area (Å²) in [6.45, 7) is 5.42. The lowest BCUT2D eigenvalue weighted by Gasteiger charge is -2.22.